The lowest BCUT2D eigenvalue weighted by atomic mass is 9.89. The van der Waals surface area contributed by atoms with Crippen LogP contribution < -0.4 is 5.32 Å². The number of amides is 1. The van der Waals surface area contributed by atoms with E-state index in [9.17, 15) is 29.7 Å². The molecule has 1 aromatic carbocycles. The minimum atomic E-state index is -1.77. The fraction of sp³-hybridized carbons (Fsp3) is 0.550. The highest BCUT2D eigenvalue weighted by Crippen LogP contribution is 2.45. The molecule has 31 heavy (non-hydrogen) atoms. The number of ether oxygens (including phenoxy) is 3. The van der Waals surface area contributed by atoms with Crippen LogP contribution in [0.2, 0.25) is 0 Å². The van der Waals surface area contributed by atoms with E-state index in [0.717, 1.165) is 18.9 Å². The maximum atomic E-state index is 12.9. The van der Waals surface area contributed by atoms with E-state index in [2.05, 4.69) is 5.32 Å². The average molecular weight is 458 g/mol. The third-order valence-electron chi connectivity index (χ3n) is 4.68. The third kappa shape index (κ3) is 6.17. The SMILES string of the molecule is COC(=O)[C@@]1(Sc2ccccc2)C[C@H](OC(C)=O)[C@@H](NC(C)=O)[C@H]([C@H](O)[C@H](O)CO)O1. The molecule has 11 heteroatoms. The molecule has 0 bridgehead atoms. The van der Waals surface area contributed by atoms with Crippen LogP contribution in [0.4, 0.5) is 0 Å². The van der Waals surface area contributed by atoms with E-state index in [1.807, 2.05) is 0 Å². The van der Waals surface area contributed by atoms with Crippen molar-refractivity contribution in [2.75, 3.05) is 13.7 Å². The first-order chi connectivity index (χ1) is 14.6. The van der Waals surface area contributed by atoms with Gasteiger partial charge >= 0.3 is 11.9 Å². The van der Waals surface area contributed by atoms with E-state index in [-0.39, 0.29) is 6.42 Å². The molecule has 1 aliphatic rings. The fourth-order valence-corrected chi connectivity index (χ4v) is 4.61. The van der Waals surface area contributed by atoms with Gasteiger partial charge in [-0.15, -0.1) is 0 Å². The zero-order valence-electron chi connectivity index (χ0n) is 17.4. The van der Waals surface area contributed by atoms with Crippen molar-refractivity contribution in [3.63, 3.8) is 0 Å². The highest BCUT2D eigenvalue weighted by atomic mass is 32.2. The van der Waals surface area contributed by atoms with Crippen LogP contribution in [0.5, 0.6) is 0 Å². The number of aliphatic hydroxyl groups excluding tert-OH is 3. The zero-order valence-corrected chi connectivity index (χ0v) is 18.2. The number of aliphatic hydroxyl groups is 3. The highest BCUT2D eigenvalue weighted by molar-refractivity contribution is 8.01. The number of hydrogen-bond acceptors (Lipinski definition) is 10. The Balaban J connectivity index is 2.56. The van der Waals surface area contributed by atoms with Crippen molar-refractivity contribution in [2.24, 2.45) is 0 Å². The topological polar surface area (TPSA) is 152 Å². The number of carbonyl (C=O) groups is 3. The van der Waals surface area contributed by atoms with Gasteiger partial charge in [0.25, 0.3) is 0 Å². The largest absolute Gasteiger partial charge is 0.466 e. The Morgan fingerprint density at radius 3 is 2.42 bits per heavy atom. The van der Waals surface area contributed by atoms with E-state index in [4.69, 9.17) is 14.2 Å². The van der Waals surface area contributed by atoms with Gasteiger partial charge < -0.3 is 34.8 Å². The lowest BCUT2D eigenvalue weighted by Gasteiger charge is -2.47. The van der Waals surface area contributed by atoms with E-state index < -0.39 is 59.8 Å². The lowest BCUT2D eigenvalue weighted by molar-refractivity contribution is -0.212. The molecule has 172 valence electrons. The molecule has 1 saturated heterocycles. The number of benzene rings is 1. The monoisotopic (exact) mass is 457 g/mol. The Kier molecular flexibility index (Phi) is 8.83. The van der Waals surface area contributed by atoms with E-state index in [0.29, 0.717) is 4.90 Å². The second kappa shape index (κ2) is 10.9. The van der Waals surface area contributed by atoms with Gasteiger partial charge in [-0.1, -0.05) is 30.0 Å². The van der Waals surface area contributed by atoms with Crippen molar-refractivity contribution in [3.05, 3.63) is 30.3 Å². The van der Waals surface area contributed by atoms with Crippen LogP contribution in [-0.2, 0) is 28.6 Å². The van der Waals surface area contributed by atoms with Gasteiger partial charge in [0.05, 0.1) is 19.8 Å². The molecule has 1 aromatic rings. The van der Waals surface area contributed by atoms with Gasteiger partial charge in [0.15, 0.2) is 0 Å². The van der Waals surface area contributed by atoms with Crippen molar-refractivity contribution in [2.45, 2.75) is 60.6 Å². The molecule has 0 unspecified atom stereocenters. The summed E-state index contributed by atoms with van der Waals surface area (Å²) < 4.78 is 16.3. The van der Waals surface area contributed by atoms with Gasteiger partial charge in [0.2, 0.25) is 10.8 Å². The molecule has 0 spiro atoms. The summed E-state index contributed by atoms with van der Waals surface area (Å²) in [6.07, 6.45) is -6.09. The Hall–Kier alpha value is -2.18. The first-order valence-corrected chi connectivity index (χ1v) is 10.4. The Bertz CT molecular complexity index is 777. The van der Waals surface area contributed by atoms with Crippen LogP contribution in [0.25, 0.3) is 0 Å². The Morgan fingerprint density at radius 2 is 1.90 bits per heavy atom. The molecular formula is C20H27NO9S. The smallest absolute Gasteiger partial charge is 0.349 e. The molecule has 1 heterocycles. The van der Waals surface area contributed by atoms with Crippen molar-refractivity contribution < 1.29 is 43.9 Å². The summed E-state index contributed by atoms with van der Waals surface area (Å²) in [5.74, 6) is -2.00. The normalized spacial score (nSPS) is 27.6. The van der Waals surface area contributed by atoms with Gasteiger partial charge in [0.1, 0.15) is 24.4 Å². The summed E-state index contributed by atoms with van der Waals surface area (Å²) in [7, 11) is 1.16. The first kappa shape index (κ1) is 25.1. The Labute approximate surface area is 183 Å². The van der Waals surface area contributed by atoms with Crippen LogP contribution in [0.3, 0.4) is 0 Å². The molecule has 1 fully saturated rings. The van der Waals surface area contributed by atoms with Crippen molar-refractivity contribution in [1.82, 2.24) is 5.32 Å². The van der Waals surface area contributed by atoms with E-state index in [1.165, 1.54) is 13.8 Å². The zero-order chi connectivity index (χ0) is 23.2. The minimum Gasteiger partial charge on any atom is -0.466 e. The molecule has 1 aliphatic heterocycles. The van der Waals surface area contributed by atoms with Gasteiger partial charge in [-0.25, -0.2) is 4.79 Å². The summed E-state index contributed by atoms with van der Waals surface area (Å²) in [4.78, 5) is 35.3. The maximum Gasteiger partial charge on any atom is 0.349 e. The van der Waals surface area contributed by atoms with Gasteiger partial charge in [-0.2, -0.15) is 0 Å². The fourth-order valence-electron chi connectivity index (χ4n) is 3.36. The van der Waals surface area contributed by atoms with Gasteiger partial charge in [-0.3, -0.25) is 9.59 Å². The van der Waals surface area contributed by atoms with Crippen LogP contribution in [-0.4, -0.2) is 82.3 Å². The molecular weight excluding hydrogens is 430 g/mol. The van der Waals surface area contributed by atoms with E-state index >= 15 is 0 Å². The number of esters is 2. The molecule has 0 saturated carbocycles. The molecule has 0 aliphatic carbocycles. The number of thioether (sulfide) groups is 1. The second-order valence-corrected chi connectivity index (χ2v) is 8.40. The summed E-state index contributed by atoms with van der Waals surface area (Å²) in [5.41, 5.74) is 0. The van der Waals surface area contributed by atoms with Crippen LogP contribution in [0, 0.1) is 0 Å². The summed E-state index contributed by atoms with van der Waals surface area (Å²) >= 11 is 0.981. The first-order valence-electron chi connectivity index (χ1n) is 9.55. The van der Waals surface area contributed by atoms with Gasteiger partial charge in [-0.05, 0) is 12.1 Å². The quantitative estimate of drug-likeness (QED) is 0.379. The van der Waals surface area contributed by atoms with E-state index in [1.54, 1.807) is 30.3 Å². The maximum absolute atomic E-state index is 12.9. The van der Waals surface area contributed by atoms with Crippen molar-refractivity contribution in [3.8, 4) is 0 Å². The molecule has 10 nitrogen and oxygen atoms in total. The highest BCUT2D eigenvalue weighted by Gasteiger charge is 2.57. The predicted molar refractivity (Wildman–Crippen MR) is 109 cm³/mol. The number of rotatable bonds is 8. The summed E-state index contributed by atoms with van der Waals surface area (Å²) in [6.45, 7) is 1.58. The van der Waals surface area contributed by atoms with Crippen LogP contribution >= 0.6 is 11.8 Å². The number of methoxy groups -OCH3 is 1. The molecule has 6 atom stereocenters. The summed E-state index contributed by atoms with van der Waals surface area (Å²) in [6, 6.07) is 7.64. The number of hydrogen-bond donors (Lipinski definition) is 4. The molecule has 4 N–H and O–H groups in total. The number of nitrogens with one attached hydrogen (secondary N) is 1. The van der Waals surface area contributed by atoms with Crippen molar-refractivity contribution >= 4 is 29.6 Å². The Morgan fingerprint density at radius 1 is 1.26 bits per heavy atom. The molecule has 0 radical (unpaired) electrons. The molecule has 1 amide bonds. The predicted octanol–water partition coefficient (Wildman–Crippen LogP) is -0.413. The molecule has 0 aromatic heterocycles. The lowest BCUT2D eigenvalue weighted by Crippen LogP contribution is -2.67. The van der Waals surface area contributed by atoms with Crippen molar-refractivity contribution in [1.29, 1.82) is 0 Å². The molecule has 2 rings (SSSR count). The standard InChI is InChI=1S/C20H27NO9S/c1-11(23)21-16-15(29-12(2)24)9-20(19(27)28-3,31-13-7-5-4-6-8-13)30-18(16)17(26)14(25)10-22/h4-8,14-18,22,25-26H,9-10H2,1-3H3,(H,21,23)/t14-,15+,16-,17-,18-,20+/m1/s1. The van der Waals surface area contributed by atoms with Gasteiger partial charge in [0, 0.05) is 25.2 Å². The summed E-state index contributed by atoms with van der Waals surface area (Å²) in [5, 5.41) is 32.5. The second-order valence-electron chi connectivity index (χ2n) is 7.06. The minimum absolute atomic E-state index is 0.206. The van der Waals surface area contributed by atoms with Crippen LogP contribution in [0.15, 0.2) is 35.2 Å². The average Bonchev–Trinajstić information content (AvgIpc) is 2.73. The number of carbonyl (C=O) groups excluding carboxylic acids is 3. The third-order valence-corrected chi connectivity index (χ3v) is 5.95. The van der Waals surface area contributed by atoms with Crippen LogP contribution in [0.1, 0.15) is 20.3 Å².